The lowest BCUT2D eigenvalue weighted by atomic mass is 10.1. The van der Waals surface area contributed by atoms with Crippen molar-refractivity contribution in [2.75, 3.05) is 6.61 Å². The fourth-order valence-corrected chi connectivity index (χ4v) is 3.15. The minimum atomic E-state index is -3.71. The first-order valence-electron chi connectivity index (χ1n) is 6.10. The maximum atomic E-state index is 12.0. The number of rotatable bonds is 7. The van der Waals surface area contributed by atoms with Crippen molar-refractivity contribution < 1.29 is 18.4 Å². The summed E-state index contributed by atoms with van der Waals surface area (Å²) in [7, 11) is -3.71. The van der Waals surface area contributed by atoms with Gasteiger partial charge in [-0.3, -0.25) is 10.1 Å². The summed E-state index contributed by atoms with van der Waals surface area (Å²) in [6.07, 6.45) is 0. The molecular formula is C12H18N2O5S. The van der Waals surface area contributed by atoms with E-state index in [1.54, 1.807) is 19.9 Å². The Hall–Kier alpha value is -1.51. The Balaban J connectivity index is 2.89. The summed E-state index contributed by atoms with van der Waals surface area (Å²) >= 11 is 0. The summed E-state index contributed by atoms with van der Waals surface area (Å²) < 4.78 is 26.4. The molecule has 0 saturated heterocycles. The Morgan fingerprint density at radius 2 is 1.95 bits per heavy atom. The Labute approximate surface area is 117 Å². The lowest BCUT2D eigenvalue weighted by Crippen LogP contribution is -2.39. The van der Waals surface area contributed by atoms with Crippen LogP contribution in [-0.4, -0.2) is 31.1 Å². The van der Waals surface area contributed by atoms with Gasteiger partial charge in [0.1, 0.15) is 0 Å². The highest BCUT2D eigenvalue weighted by atomic mass is 32.2. The number of aliphatic hydroxyl groups is 1. The largest absolute Gasteiger partial charge is 0.396 e. The normalized spacial score (nSPS) is 14.8. The maximum Gasteiger partial charge on any atom is 0.273 e. The highest BCUT2D eigenvalue weighted by Gasteiger charge is 2.23. The highest BCUT2D eigenvalue weighted by Crippen LogP contribution is 2.20. The van der Waals surface area contributed by atoms with E-state index in [0.29, 0.717) is 0 Å². The van der Waals surface area contributed by atoms with Gasteiger partial charge < -0.3 is 5.11 Å². The summed E-state index contributed by atoms with van der Waals surface area (Å²) in [5, 5.41) is 19.8. The van der Waals surface area contributed by atoms with E-state index < -0.39 is 26.7 Å². The molecule has 2 unspecified atom stereocenters. The van der Waals surface area contributed by atoms with Crippen LogP contribution in [0.15, 0.2) is 24.3 Å². The van der Waals surface area contributed by atoms with Gasteiger partial charge in [0.2, 0.25) is 10.0 Å². The fourth-order valence-electron chi connectivity index (χ4n) is 1.61. The fraction of sp³-hybridized carbons (Fsp3) is 0.500. The predicted molar refractivity (Wildman–Crippen MR) is 74.6 cm³/mol. The van der Waals surface area contributed by atoms with Gasteiger partial charge in [0.25, 0.3) is 5.69 Å². The van der Waals surface area contributed by atoms with Gasteiger partial charge in [0.05, 0.1) is 10.7 Å². The molecule has 0 aromatic heterocycles. The van der Waals surface area contributed by atoms with E-state index in [0.717, 1.165) is 0 Å². The third kappa shape index (κ3) is 4.55. The van der Waals surface area contributed by atoms with Gasteiger partial charge in [-0.15, -0.1) is 0 Å². The van der Waals surface area contributed by atoms with E-state index in [-0.39, 0.29) is 23.8 Å². The molecule has 0 heterocycles. The van der Waals surface area contributed by atoms with Crippen molar-refractivity contribution in [2.24, 2.45) is 5.92 Å². The number of nitro benzene ring substituents is 1. The molecule has 0 radical (unpaired) electrons. The van der Waals surface area contributed by atoms with E-state index in [2.05, 4.69) is 4.72 Å². The Morgan fingerprint density at radius 3 is 2.50 bits per heavy atom. The predicted octanol–water partition coefficient (Wildman–Crippen LogP) is 1.03. The molecule has 1 aromatic rings. The number of nitrogens with zero attached hydrogens (tertiary/aromatic N) is 1. The molecule has 0 aliphatic heterocycles. The number of nitrogens with one attached hydrogen (secondary N) is 1. The number of sulfonamides is 1. The quantitative estimate of drug-likeness (QED) is 0.577. The molecule has 0 aliphatic rings. The van der Waals surface area contributed by atoms with Gasteiger partial charge in [0.15, 0.2) is 0 Å². The summed E-state index contributed by atoms with van der Waals surface area (Å²) in [5.41, 5.74) is -0.0883. The van der Waals surface area contributed by atoms with Crippen molar-refractivity contribution in [3.8, 4) is 0 Å². The molecule has 0 bridgehead atoms. The van der Waals surface area contributed by atoms with Crippen LogP contribution in [0.25, 0.3) is 0 Å². The molecule has 2 N–H and O–H groups in total. The van der Waals surface area contributed by atoms with Crippen LogP contribution in [0.2, 0.25) is 0 Å². The molecule has 8 heteroatoms. The molecule has 0 aliphatic carbocycles. The monoisotopic (exact) mass is 302 g/mol. The summed E-state index contributed by atoms with van der Waals surface area (Å²) in [6, 6.07) is 5.27. The van der Waals surface area contributed by atoms with Crippen molar-refractivity contribution in [2.45, 2.75) is 25.6 Å². The topological polar surface area (TPSA) is 110 Å². The first-order chi connectivity index (χ1) is 9.26. The maximum absolute atomic E-state index is 12.0. The SMILES string of the molecule is CC(CO)C(C)NS(=O)(=O)Cc1ccccc1[N+](=O)[O-]. The van der Waals surface area contributed by atoms with Crippen LogP contribution in [0.5, 0.6) is 0 Å². The van der Waals surface area contributed by atoms with Crippen LogP contribution in [-0.2, 0) is 15.8 Å². The Kier molecular flexibility index (Phi) is 5.61. The summed E-state index contributed by atoms with van der Waals surface area (Å²) in [5.74, 6) is -0.706. The third-order valence-corrected chi connectivity index (χ3v) is 4.46. The average molecular weight is 302 g/mol. The molecule has 0 saturated carbocycles. The molecule has 20 heavy (non-hydrogen) atoms. The zero-order chi connectivity index (χ0) is 15.3. The molecule has 0 spiro atoms. The number of aliphatic hydroxyl groups excluding tert-OH is 1. The molecule has 1 rings (SSSR count). The van der Waals surface area contributed by atoms with Crippen LogP contribution >= 0.6 is 0 Å². The molecule has 2 atom stereocenters. The standard InChI is InChI=1S/C12H18N2O5S/c1-9(7-15)10(2)13-20(18,19)8-11-5-3-4-6-12(11)14(16)17/h3-6,9-10,13,15H,7-8H2,1-2H3. The molecule has 0 fully saturated rings. The van der Waals surface area contributed by atoms with Crippen molar-refractivity contribution in [1.82, 2.24) is 4.72 Å². The first-order valence-corrected chi connectivity index (χ1v) is 7.75. The van der Waals surface area contributed by atoms with Crippen molar-refractivity contribution >= 4 is 15.7 Å². The second-order valence-electron chi connectivity index (χ2n) is 4.71. The van der Waals surface area contributed by atoms with Gasteiger partial charge >= 0.3 is 0 Å². The van der Waals surface area contributed by atoms with Crippen molar-refractivity contribution in [1.29, 1.82) is 0 Å². The van der Waals surface area contributed by atoms with Crippen LogP contribution in [0.1, 0.15) is 19.4 Å². The second-order valence-corrected chi connectivity index (χ2v) is 6.47. The molecule has 7 nitrogen and oxygen atoms in total. The number of nitro groups is 1. The Morgan fingerprint density at radius 1 is 1.35 bits per heavy atom. The molecular weight excluding hydrogens is 284 g/mol. The highest BCUT2D eigenvalue weighted by molar-refractivity contribution is 7.88. The number of hydrogen-bond donors (Lipinski definition) is 2. The smallest absolute Gasteiger partial charge is 0.273 e. The third-order valence-electron chi connectivity index (χ3n) is 3.04. The van der Waals surface area contributed by atoms with Crippen LogP contribution < -0.4 is 4.72 Å². The van der Waals surface area contributed by atoms with Gasteiger partial charge in [0, 0.05) is 24.3 Å². The minimum Gasteiger partial charge on any atom is -0.396 e. The zero-order valence-electron chi connectivity index (χ0n) is 11.3. The average Bonchev–Trinajstić information content (AvgIpc) is 2.36. The van der Waals surface area contributed by atoms with Crippen LogP contribution in [0.4, 0.5) is 5.69 Å². The second kappa shape index (κ2) is 6.78. The zero-order valence-corrected chi connectivity index (χ0v) is 12.1. The molecule has 112 valence electrons. The minimum absolute atomic E-state index is 0.133. The lowest BCUT2D eigenvalue weighted by molar-refractivity contribution is -0.385. The number of hydrogen-bond acceptors (Lipinski definition) is 5. The van der Waals surface area contributed by atoms with Crippen LogP contribution in [0.3, 0.4) is 0 Å². The van der Waals surface area contributed by atoms with E-state index >= 15 is 0 Å². The van der Waals surface area contributed by atoms with E-state index in [1.165, 1.54) is 18.2 Å². The van der Waals surface area contributed by atoms with E-state index in [1.807, 2.05) is 0 Å². The van der Waals surface area contributed by atoms with Gasteiger partial charge in [-0.2, -0.15) is 0 Å². The first kappa shape index (κ1) is 16.5. The van der Waals surface area contributed by atoms with E-state index in [4.69, 9.17) is 5.11 Å². The van der Waals surface area contributed by atoms with Crippen LogP contribution in [0, 0.1) is 16.0 Å². The van der Waals surface area contributed by atoms with Gasteiger partial charge in [-0.25, -0.2) is 13.1 Å². The molecule has 0 amide bonds. The summed E-state index contributed by atoms with van der Waals surface area (Å²) in [6.45, 7) is 3.20. The number of benzene rings is 1. The van der Waals surface area contributed by atoms with Crippen molar-refractivity contribution in [3.05, 3.63) is 39.9 Å². The Bertz CT molecular complexity index is 573. The summed E-state index contributed by atoms with van der Waals surface area (Å²) in [4.78, 5) is 10.2. The number of para-hydroxylation sites is 1. The van der Waals surface area contributed by atoms with E-state index in [9.17, 15) is 18.5 Å². The van der Waals surface area contributed by atoms with Gasteiger partial charge in [-0.1, -0.05) is 25.1 Å². The molecule has 1 aromatic carbocycles. The van der Waals surface area contributed by atoms with Crippen molar-refractivity contribution in [3.63, 3.8) is 0 Å². The van der Waals surface area contributed by atoms with Gasteiger partial charge in [-0.05, 0) is 12.8 Å². The lowest BCUT2D eigenvalue weighted by Gasteiger charge is -2.19.